The van der Waals surface area contributed by atoms with Crippen LogP contribution in [0.4, 0.5) is 0 Å². The minimum atomic E-state index is 0.935. The molecule has 0 saturated heterocycles. The van der Waals surface area contributed by atoms with E-state index in [0.717, 1.165) is 14.7 Å². The van der Waals surface area contributed by atoms with Crippen LogP contribution >= 0.6 is 43.6 Å². The van der Waals surface area contributed by atoms with Gasteiger partial charge in [-0.15, -0.1) is 11.8 Å². The molecule has 0 heterocycles. The molecule has 0 saturated carbocycles. The van der Waals surface area contributed by atoms with E-state index >= 15 is 0 Å². The van der Waals surface area contributed by atoms with Gasteiger partial charge in [-0.2, -0.15) is 0 Å². The normalized spacial score (nSPS) is 10.5. The van der Waals surface area contributed by atoms with Gasteiger partial charge in [0.1, 0.15) is 0 Å². The van der Waals surface area contributed by atoms with Crippen LogP contribution in [0.3, 0.4) is 0 Å². The van der Waals surface area contributed by atoms with Crippen LogP contribution in [0, 0.1) is 6.92 Å². The monoisotopic (exact) mass is 472 g/mol. The summed E-state index contributed by atoms with van der Waals surface area (Å²) in [4.78, 5) is 1.31. The molecule has 3 aromatic rings. The lowest BCUT2D eigenvalue weighted by Crippen LogP contribution is -1.89. The number of rotatable bonds is 5. The molecule has 0 bridgehead atoms. The van der Waals surface area contributed by atoms with E-state index in [2.05, 4.69) is 118 Å². The third-order valence-electron chi connectivity index (χ3n) is 3.84. The van der Waals surface area contributed by atoms with Crippen molar-refractivity contribution in [3.8, 4) is 0 Å². The van der Waals surface area contributed by atoms with Gasteiger partial charge in [-0.05, 0) is 60.0 Å². The zero-order valence-electron chi connectivity index (χ0n) is 13.9. The quantitative estimate of drug-likeness (QED) is 0.341. The molecule has 3 aromatic carbocycles. The molecule has 0 aliphatic heterocycles. The van der Waals surface area contributed by atoms with Crippen LogP contribution < -0.4 is 0 Å². The Balaban J connectivity index is 1.87. The van der Waals surface area contributed by atoms with Crippen molar-refractivity contribution < 1.29 is 0 Å². The van der Waals surface area contributed by atoms with Crippen LogP contribution in [0.2, 0.25) is 0 Å². The second-order valence-corrected chi connectivity index (χ2v) is 8.68. The Kier molecular flexibility index (Phi) is 6.57. The van der Waals surface area contributed by atoms with E-state index in [9.17, 15) is 0 Å². The topological polar surface area (TPSA) is 0 Å². The second kappa shape index (κ2) is 8.88. The Bertz CT molecular complexity index is 818. The van der Waals surface area contributed by atoms with Gasteiger partial charge in [0.25, 0.3) is 0 Å². The van der Waals surface area contributed by atoms with E-state index in [-0.39, 0.29) is 0 Å². The molecule has 3 heteroatoms. The molecule has 126 valence electrons. The fourth-order valence-corrected chi connectivity index (χ4v) is 4.00. The third-order valence-corrected chi connectivity index (χ3v) is 5.82. The van der Waals surface area contributed by atoms with Crippen LogP contribution in [0.15, 0.2) is 92.7 Å². The number of hydrogen-bond donors (Lipinski definition) is 0. The Morgan fingerprint density at radius 3 is 1.92 bits per heavy atom. The van der Waals surface area contributed by atoms with Gasteiger partial charge in [0.05, 0.1) is 0 Å². The van der Waals surface area contributed by atoms with Crippen molar-refractivity contribution in [1.29, 1.82) is 0 Å². The van der Waals surface area contributed by atoms with Crippen LogP contribution in [-0.4, -0.2) is 5.75 Å². The zero-order valence-corrected chi connectivity index (χ0v) is 17.9. The predicted molar refractivity (Wildman–Crippen MR) is 117 cm³/mol. The van der Waals surface area contributed by atoms with E-state index < -0.39 is 0 Å². The average molecular weight is 474 g/mol. The van der Waals surface area contributed by atoms with Gasteiger partial charge in [0.15, 0.2) is 0 Å². The molecule has 0 aromatic heterocycles. The predicted octanol–water partition coefficient (Wildman–Crippen LogP) is 7.74. The maximum atomic E-state index is 3.52. The third kappa shape index (κ3) is 5.34. The summed E-state index contributed by atoms with van der Waals surface area (Å²) in [5.74, 6) is 0.935. The highest BCUT2D eigenvalue weighted by Crippen LogP contribution is 2.28. The van der Waals surface area contributed by atoms with Crippen molar-refractivity contribution >= 4 is 49.2 Å². The van der Waals surface area contributed by atoms with E-state index in [1.54, 1.807) is 0 Å². The van der Waals surface area contributed by atoms with Gasteiger partial charge < -0.3 is 0 Å². The lowest BCUT2D eigenvalue weighted by atomic mass is 9.98. The molecule has 0 atom stereocenters. The molecule has 0 amide bonds. The summed E-state index contributed by atoms with van der Waals surface area (Å²) in [6, 6.07) is 25.7. The summed E-state index contributed by atoms with van der Waals surface area (Å²) in [5, 5.41) is 0. The second-order valence-electron chi connectivity index (χ2n) is 5.76. The molecule has 0 spiro atoms. The highest BCUT2D eigenvalue weighted by molar-refractivity contribution is 9.10. The standard InChI is InChI=1S/C22H18Br2S/c1-16-3-2-4-21(15-16)25-14-13-22(17-5-9-19(23)10-6-17)18-7-11-20(24)12-8-18/h2-13,15H,14H2,1H3. The van der Waals surface area contributed by atoms with E-state index in [1.165, 1.54) is 27.2 Å². The molecule has 0 aliphatic carbocycles. The summed E-state index contributed by atoms with van der Waals surface area (Å²) in [7, 11) is 0. The molecule has 0 unspecified atom stereocenters. The molecule has 0 radical (unpaired) electrons. The van der Waals surface area contributed by atoms with Gasteiger partial charge in [-0.1, -0.05) is 79.9 Å². The van der Waals surface area contributed by atoms with Gasteiger partial charge >= 0.3 is 0 Å². The summed E-state index contributed by atoms with van der Waals surface area (Å²) < 4.78 is 2.20. The summed E-state index contributed by atoms with van der Waals surface area (Å²) >= 11 is 8.90. The van der Waals surface area contributed by atoms with Gasteiger partial charge in [-0.3, -0.25) is 0 Å². The zero-order chi connectivity index (χ0) is 17.6. The Morgan fingerprint density at radius 2 is 1.40 bits per heavy atom. The van der Waals surface area contributed by atoms with E-state index in [1.807, 2.05) is 11.8 Å². The van der Waals surface area contributed by atoms with Gasteiger partial charge in [0.2, 0.25) is 0 Å². The highest BCUT2D eigenvalue weighted by Gasteiger charge is 2.05. The number of aryl methyl sites for hydroxylation is 1. The van der Waals surface area contributed by atoms with Crippen LogP contribution in [-0.2, 0) is 0 Å². The summed E-state index contributed by atoms with van der Waals surface area (Å²) in [5.41, 5.74) is 5.03. The average Bonchev–Trinajstić information content (AvgIpc) is 2.61. The fraction of sp³-hybridized carbons (Fsp3) is 0.0909. The highest BCUT2D eigenvalue weighted by atomic mass is 79.9. The van der Waals surface area contributed by atoms with Crippen molar-refractivity contribution in [1.82, 2.24) is 0 Å². The Morgan fingerprint density at radius 1 is 0.840 bits per heavy atom. The number of benzene rings is 3. The molecule has 0 fully saturated rings. The number of hydrogen-bond acceptors (Lipinski definition) is 1. The first kappa shape index (κ1) is 18.5. The van der Waals surface area contributed by atoms with E-state index in [4.69, 9.17) is 0 Å². The molecule has 25 heavy (non-hydrogen) atoms. The van der Waals surface area contributed by atoms with Crippen molar-refractivity contribution in [2.45, 2.75) is 11.8 Å². The Hall–Kier alpha value is -1.29. The van der Waals surface area contributed by atoms with Crippen LogP contribution in [0.1, 0.15) is 16.7 Å². The summed E-state index contributed by atoms with van der Waals surface area (Å²) in [6.45, 7) is 2.13. The van der Waals surface area contributed by atoms with Crippen molar-refractivity contribution in [2.24, 2.45) is 0 Å². The smallest absolute Gasteiger partial charge is 0.0175 e. The minimum absolute atomic E-state index is 0.935. The van der Waals surface area contributed by atoms with Gasteiger partial charge in [0, 0.05) is 19.6 Å². The fourth-order valence-electron chi connectivity index (χ4n) is 2.59. The van der Waals surface area contributed by atoms with Gasteiger partial charge in [-0.25, -0.2) is 0 Å². The maximum absolute atomic E-state index is 3.52. The molecular weight excluding hydrogens is 456 g/mol. The summed E-state index contributed by atoms with van der Waals surface area (Å²) in [6.07, 6.45) is 2.32. The van der Waals surface area contributed by atoms with Crippen molar-refractivity contribution in [2.75, 3.05) is 5.75 Å². The SMILES string of the molecule is Cc1cccc(SCC=C(c2ccc(Br)cc2)c2ccc(Br)cc2)c1. The van der Waals surface area contributed by atoms with Crippen molar-refractivity contribution in [3.63, 3.8) is 0 Å². The molecule has 0 nitrogen and oxygen atoms in total. The molecule has 0 aliphatic rings. The molecule has 0 N–H and O–H groups in total. The number of thioether (sulfide) groups is 1. The van der Waals surface area contributed by atoms with Crippen LogP contribution in [0.25, 0.3) is 5.57 Å². The Labute approximate surface area is 170 Å². The minimum Gasteiger partial charge on any atom is -0.122 e. The first-order valence-corrected chi connectivity index (χ1v) is 10.6. The van der Waals surface area contributed by atoms with E-state index in [0.29, 0.717) is 0 Å². The maximum Gasteiger partial charge on any atom is 0.0175 e. The number of halogens is 2. The lowest BCUT2D eigenvalue weighted by Gasteiger charge is -2.10. The molecular formula is C22H18Br2S. The van der Waals surface area contributed by atoms with Crippen molar-refractivity contribution in [3.05, 3.63) is 105 Å². The first-order valence-electron chi connectivity index (χ1n) is 8.03. The molecule has 3 rings (SSSR count). The lowest BCUT2D eigenvalue weighted by molar-refractivity contribution is 1.36. The van der Waals surface area contributed by atoms with Crippen LogP contribution in [0.5, 0.6) is 0 Å². The largest absolute Gasteiger partial charge is 0.122 e. The first-order chi connectivity index (χ1) is 12.1.